The van der Waals surface area contributed by atoms with Crippen LogP contribution in [-0.2, 0) is 14.3 Å². The lowest BCUT2D eigenvalue weighted by molar-refractivity contribution is -0.115. The fourth-order valence-corrected chi connectivity index (χ4v) is 2.51. The summed E-state index contributed by atoms with van der Waals surface area (Å²) in [6.07, 6.45) is 0.202. The van der Waals surface area contributed by atoms with Gasteiger partial charge in [-0.2, -0.15) is 0 Å². The average Bonchev–Trinajstić information content (AvgIpc) is 3.02. The summed E-state index contributed by atoms with van der Waals surface area (Å²) in [5, 5.41) is 8.34. The Kier molecular flexibility index (Phi) is 7.03. The van der Waals surface area contributed by atoms with Gasteiger partial charge in [-0.15, -0.1) is 0 Å². The summed E-state index contributed by atoms with van der Waals surface area (Å²) in [4.78, 5) is 23.8. The van der Waals surface area contributed by atoms with Crippen molar-refractivity contribution in [2.45, 2.75) is 32.4 Å². The van der Waals surface area contributed by atoms with Crippen LogP contribution in [0, 0.1) is 0 Å². The Labute approximate surface area is 147 Å². The quantitative estimate of drug-likeness (QED) is 0.698. The van der Waals surface area contributed by atoms with Gasteiger partial charge < -0.3 is 30.2 Å². The fourth-order valence-electron chi connectivity index (χ4n) is 2.51. The number of urea groups is 1. The summed E-state index contributed by atoms with van der Waals surface area (Å²) in [6, 6.07) is 4.47. The Morgan fingerprint density at radius 2 is 2.04 bits per heavy atom. The molecule has 2 atom stereocenters. The van der Waals surface area contributed by atoms with E-state index in [1.54, 1.807) is 25.1 Å². The predicted octanol–water partition coefficient (Wildman–Crippen LogP) is 1.97. The number of methoxy groups -OCH3 is 1. The van der Waals surface area contributed by atoms with E-state index in [0.29, 0.717) is 43.4 Å². The van der Waals surface area contributed by atoms with Crippen LogP contribution >= 0.6 is 0 Å². The molecule has 25 heavy (non-hydrogen) atoms. The smallest absolute Gasteiger partial charge is 0.319 e. The van der Waals surface area contributed by atoms with Crippen LogP contribution in [0.25, 0.3) is 0 Å². The van der Waals surface area contributed by atoms with E-state index in [2.05, 4.69) is 16.0 Å². The van der Waals surface area contributed by atoms with Gasteiger partial charge in [0.25, 0.3) is 0 Å². The van der Waals surface area contributed by atoms with Gasteiger partial charge in [0.2, 0.25) is 5.91 Å². The Hall–Kier alpha value is -2.32. The number of carbonyl (C=O) groups excluding carboxylic acids is 2. The molecule has 2 rings (SSSR count). The lowest BCUT2D eigenvalue weighted by Crippen LogP contribution is -2.45. The van der Waals surface area contributed by atoms with Gasteiger partial charge >= 0.3 is 6.03 Å². The molecule has 0 aromatic heterocycles. The number of carbonyl (C=O) groups is 2. The van der Waals surface area contributed by atoms with Crippen molar-refractivity contribution >= 4 is 23.3 Å². The van der Waals surface area contributed by atoms with Crippen LogP contribution in [-0.4, -0.2) is 51.0 Å². The summed E-state index contributed by atoms with van der Waals surface area (Å²) < 4.78 is 16.1. The standard InChI is InChI=1S/C17H25N3O5/c1-4-16(21)19-12-8-11(6-7-14(12)23-3)18-17(22)20-13-9-24-10-15(13)25-5-2/h6-8,13,15H,4-5,9-10H2,1-3H3,(H,19,21)(H2,18,20,22)/t13-,15-/m0/s1. The van der Waals surface area contributed by atoms with Crippen molar-refractivity contribution in [1.82, 2.24) is 5.32 Å². The molecule has 3 amide bonds. The largest absolute Gasteiger partial charge is 0.495 e. The lowest BCUT2D eigenvalue weighted by atomic mass is 10.2. The normalized spacial score (nSPS) is 19.3. The van der Waals surface area contributed by atoms with Crippen molar-refractivity contribution in [1.29, 1.82) is 0 Å². The van der Waals surface area contributed by atoms with Gasteiger partial charge in [0.05, 0.1) is 32.1 Å². The van der Waals surface area contributed by atoms with Crippen molar-refractivity contribution in [2.75, 3.05) is 37.6 Å². The third kappa shape index (κ3) is 5.33. The first-order valence-corrected chi connectivity index (χ1v) is 8.32. The van der Waals surface area contributed by atoms with Crippen molar-refractivity contribution in [2.24, 2.45) is 0 Å². The molecule has 3 N–H and O–H groups in total. The molecular weight excluding hydrogens is 326 g/mol. The van der Waals surface area contributed by atoms with Gasteiger partial charge in [-0.3, -0.25) is 4.79 Å². The third-order valence-corrected chi connectivity index (χ3v) is 3.78. The predicted molar refractivity (Wildman–Crippen MR) is 94.1 cm³/mol. The van der Waals surface area contributed by atoms with E-state index >= 15 is 0 Å². The van der Waals surface area contributed by atoms with Crippen molar-refractivity contribution in [3.63, 3.8) is 0 Å². The highest BCUT2D eigenvalue weighted by molar-refractivity contribution is 5.95. The van der Waals surface area contributed by atoms with Crippen LogP contribution < -0.4 is 20.7 Å². The Bertz CT molecular complexity index is 608. The molecule has 1 heterocycles. The van der Waals surface area contributed by atoms with E-state index in [-0.39, 0.29) is 24.1 Å². The van der Waals surface area contributed by atoms with E-state index in [1.165, 1.54) is 7.11 Å². The Morgan fingerprint density at radius 1 is 1.24 bits per heavy atom. The Balaban J connectivity index is 2.00. The van der Waals surface area contributed by atoms with E-state index in [1.807, 2.05) is 6.92 Å². The van der Waals surface area contributed by atoms with Crippen LogP contribution in [0.4, 0.5) is 16.2 Å². The van der Waals surface area contributed by atoms with Crippen LogP contribution in [0.1, 0.15) is 20.3 Å². The molecule has 0 aliphatic carbocycles. The highest BCUT2D eigenvalue weighted by Crippen LogP contribution is 2.28. The van der Waals surface area contributed by atoms with E-state index in [0.717, 1.165) is 0 Å². The zero-order valence-electron chi connectivity index (χ0n) is 14.8. The minimum Gasteiger partial charge on any atom is -0.495 e. The van der Waals surface area contributed by atoms with Gasteiger partial charge in [0, 0.05) is 18.7 Å². The number of hydrogen-bond acceptors (Lipinski definition) is 5. The van der Waals surface area contributed by atoms with Gasteiger partial charge in [0.15, 0.2) is 0 Å². The van der Waals surface area contributed by atoms with Crippen LogP contribution in [0.5, 0.6) is 5.75 Å². The van der Waals surface area contributed by atoms with E-state index < -0.39 is 0 Å². The highest BCUT2D eigenvalue weighted by Gasteiger charge is 2.30. The summed E-state index contributed by atoms with van der Waals surface area (Å²) in [5.41, 5.74) is 1.04. The molecule has 1 aliphatic heterocycles. The zero-order valence-corrected chi connectivity index (χ0v) is 14.8. The molecule has 1 aliphatic rings. The second kappa shape index (κ2) is 9.24. The monoisotopic (exact) mass is 351 g/mol. The van der Waals surface area contributed by atoms with Crippen LogP contribution in [0.2, 0.25) is 0 Å². The maximum Gasteiger partial charge on any atom is 0.319 e. The number of rotatable bonds is 7. The first kappa shape index (κ1) is 19.0. The minimum absolute atomic E-state index is 0.137. The second-order valence-corrected chi connectivity index (χ2v) is 5.55. The topological polar surface area (TPSA) is 97.9 Å². The number of hydrogen-bond donors (Lipinski definition) is 3. The molecule has 0 radical (unpaired) electrons. The maximum atomic E-state index is 12.2. The van der Waals surface area contributed by atoms with Gasteiger partial charge in [-0.1, -0.05) is 6.92 Å². The summed E-state index contributed by atoms with van der Waals surface area (Å²) in [7, 11) is 1.52. The Morgan fingerprint density at radius 3 is 2.72 bits per heavy atom. The number of nitrogens with one attached hydrogen (secondary N) is 3. The molecule has 8 heteroatoms. The minimum atomic E-state index is -0.363. The second-order valence-electron chi connectivity index (χ2n) is 5.55. The summed E-state index contributed by atoms with van der Waals surface area (Å²) in [6.45, 7) is 5.11. The van der Waals surface area contributed by atoms with Crippen molar-refractivity contribution < 1.29 is 23.8 Å². The van der Waals surface area contributed by atoms with E-state index in [4.69, 9.17) is 14.2 Å². The molecule has 138 valence electrons. The first-order valence-electron chi connectivity index (χ1n) is 8.32. The molecule has 0 bridgehead atoms. The van der Waals surface area contributed by atoms with Crippen LogP contribution in [0.3, 0.4) is 0 Å². The van der Waals surface area contributed by atoms with Crippen molar-refractivity contribution in [3.05, 3.63) is 18.2 Å². The number of ether oxygens (including phenoxy) is 3. The molecular formula is C17H25N3O5. The molecule has 8 nitrogen and oxygen atoms in total. The van der Waals surface area contributed by atoms with Crippen molar-refractivity contribution in [3.8, 4) is 5.75 Å². The molecule has 0 saturated carbocycles. The SMILES string of the molecule is CCO[C@H]1COC[C@@H]1NC(=O)Nc1ccc(OC)c(NC(=O)CC)c1. The number of benzene rings is 1. The summed E-state index contributed by atoms with van der Waals surface area (Å²) >= 11 is 0. The first-order chi connectivity index (χ1) is 12.1. The third-order valence-electron chi connectivity index (χ3n) is 3.78. The molecule has 1 aromatic rings. The van der Waals surface area contributed by atoms with Gasteiger partial charge in [0.1, 0.15) is 11.9 Å². The zero-order chi connectivity index (χ0) is 18.2. The summed E-state index contributed by atoms with van der Waals surface area (Å²) in [5.74, 6) is 0.385. The molecule has 1 fully saturated rings. The van der Waals surface area contributed by atoms with Gasteiger partial charge in [-0.05, 0) is 25.1 Å². The lowest BCUT2D eigenvalue weighted by Gasteiger charge is -2.19. The number of anilines is 2. The average molecular weight is 351 g/mol. The molecule has 0 unspecified atom stereocenters. The molecule has 1 aromatic carbocycles. The van der Waals surface area contributed by atoms with Crippen LogP contribution in [0.15, 0.2) is 18.2 Å². The highest BCUT2D eigenvalue weighted by atomic mass is 16.5. The molecule has 0 spiro atoms. The molecule has 1 saturated heterocycles. The number of amides is 3. The maximum absolute atomic E-state index is 12.2. The van der Waals surface area contributed by atoms with Gasteiger partial charge in [-0.25, -0.2) is 4.79 Å². The van der Waals surface area contributed by atoms with E-state index in [9.17, 15) is 9.59 Å². The fraction of sp³-hybridized carbons (Fsp3) is 0.529.